The van der Waals surface area contributed by atoms with Crippen molar-refractivity contribution in [3.05, 3.63) is 0 Å². The topological polar surface area (TPSA) is 93.9 Å². The Morgan fingerprint density at radius 2 is 1.95 bits per heavy atom. The van der Waals surface area contributed by atoms with Gasteiger partial charge in [0.2, 0.25) is 0 Å². The highest BCUT2D eigenvalue weighted by atomic mass is 16.5. The molecule has 0 aliphatic carbocycles. The smallest absolute Gasteiger partial charge is 0.407 e. The summed E-state index contributed by atoms with van der Waals surface area (Å²) in [6.45, 7) is 1.15. The first-order valence-corrected chi connectivity index (χ1v) is 6.58. The number of piperazine rings is 1. The van der Waals surface area contributed by atoms with Crippen LogP contribution in [0.15, 0.2) is 0 Å². The van der Waals surface area contributed by atoms with Crippen LogP contribution < -0.4 is 0 Å². The summed E-state index contributed by atoms with van der Waals surface area (Å²) in [5.41, 5.74) is -0.869. The van der Waals surface area contributed by atoms with E-state index in [0.29, 0.717) is 25.9 Å². The minimum absolute atomic E-state index is 0.0733. The van der Waals surface area contributed by atoms with Crippen LogP contribution in [0, 0.1) is 16.7 Å². The third-order valence-corrected chi connectivity index (χ3v) is 4.34. The van der Waals surface area contributed by atoms with E-state index in [2.05, 4.69) is 11.0 Å². The Kier molecular flexibility index (Phi) is 3.86. The number of fused-ring (bicyclic) bond motifs is 2. The highest BCUT2D eigenvalue weighted by molar-refractivity contribution is 5.78. The van der Waals surface area contributed by atoms with Crippen molar-refractivity contribution in [2.75, 3.05) is 27.2 Å². The molecule has 0 spiro atoms. The summed E-state index contributed by atoms with van der Waals surface area (Å²) >= 11 is 0. The van der Waals surface area contributed by atoms with Crippen LogP contribution in [-0.2, 0) is 9.53 Å². The van der Waals surface area contributed by atoms with Crippen LogP contribution in [0.5, 0.6) is 0 Å². The van der Waals surface area contributed by atoms with Gasteiger partial charge in [-0.3, -0.25) is 9.69 Å². The molecule has 2 heterocycles. The third-order valence-electron chi connectivity index (χ3n) is 4.34. The molecule has 0 aromatic heterocycles. The van der Waals surface area contributed by atoms with Gasteiger partial charge in [0.1, 0.15) is 0 Å². The summed E-state index contributed by atoms with van der Waals surface area (Å²) in [6, 6.07) is 1.53. The summed E-state index contributed by atoms with van der Waals surface area (Å²) < 4.78 is 4.86. The number of esters is 1. The quantitative estimate of drug-likeness (QED) is 0.741. The second kappa shape index (κ2) is 5.29. The van der Waals surface area contributed by atoms with Crippen molar-refractivity contribution in [1.82, 2.24) is 9.80 Å². The van der Waals surface area contributed by atoms with Crippen molar-refractivity contribution in [1.29, 1.82) is 5.26 Å². The number of methoxy groups -OCH3 is 1. The number of nitrogens with zero attached hydrogens (tertiary/aromatic N) is 3. The minimum atomic E-state index is -0.955. The molecule has 20 heavy (non-hydrogen) atoms. The van der Waals surface area contributed by atoms with Crippen molar-refractivity contribution in [2.24, 2.45) is 5.41 Å². The Balaban J connectivity index is 2.32. The Hall–Kier alpha value is -1.81. The van der Waals surface area contributed by atoms with Crippen LogP contribution in [0.2, 0.25) is 0 Å². The van der Waals surface area contributed by atoms with Gasteiger partial charge in [0.05, 0.1) is 25.0 Å². The zero-order valence-electron chi connectivity index (χ0n) is 11.7. The minimum Gasteiger partial charge on any atom is -0.469 e. The lowest BCUT2D eigenvalue weighted by Crippen LogP contribution is -2.66. The van der Waals surface area contributed by atoms with E-state index in [1.54, 1.807) is 0 Å². The highest BCUT2D eigenvalue weighted by Crippen LogP contribution is 2.44. The zero-order chi connectivity index (χ0) is 14.9. The Bertz CT molecular complexity index is 443. The fraction of sp³-hybridized carbons (Fsp3) is 0.769. The van der Waals surface area contributed by atoms with Crippen molar-refractivity contribution in [2.45, 2.75) is 31.3 Å². The van der Waals surface area contributed by atoms with E-state index in [9.17, 15) is 14.7 Å². The van der Waals surface area contributed by atoms with Gasteiger partial charge < -0.3 is 14.7 Å². The van der Waals surface area contributed by atoms with E-state index in [0.717, 1.165) is 0 Å². The number of piperidine rings is 1. The summed E-state index contributed by atoms with van der Waals surface area (Å²) in [4.78, 5) is 27.0. The second-order valence-electron chi connectivity index (χ2n) is 5.73. The number of likely N-dealkylation sites (N-methyl/N-ethyl adjacent to an activating group) is 1. The van der Waals surface area contributed by atoms with Crippen molar-refractivity contribution >= 4 is 12.1 Å². The third kappa shape index (κ3) is 2.31. The number of ether oxygens (including phenoxy) is 1. The first-order valence-electron chi connectivity index (χ1n) is 6.58. The Morgan fingerprint density at radius 3 is 2.35 bits per heavy atom. The lowest BCUT2D eigenvalue weighted by atomic mass is 9.69. The van der Waals surface area contributed by atoms with E-state index >= 15 is 0 Å². The number of nitriles is 1. The van der Waals surface area contributed by atoms with Gasteiger partial charge in [-0.15, -0.1) is 0 Å². The first kappa shape index (κ1) is 14.6. The molecule has 2 atom stereocenters. The van der Waals surface area contributed by atoms with E-state index in [1.165, 1.54) is 12.0 Å². The molecule has 7 heteroatoms. The van der Waals surface area contributed by atoms with Gasteiger partial charge in [-0.1, -0.05) is 0 Å². The number of hydrogen-bond acceptors (Lipinski definition) is 5. The van der Waals surface area contributed by atoms with E-state index in [-0.39, 0.29) is 18.5 Å². The summed E-state index contributed by atoms with van der Waals surface area (Å²) in [7, 11) is 3.25. The molecular weight excluding hydrogens is 262 g/mol. The lowest BCUT2D eigenvalue weighted by Gasteiger charge is -2.53. The fourth-order valence-corrected chi connectivity index (χ4v) is 3.64. The van der Waals surface area contributed by atoms with Gasteiger partial charge in [-0.2, -0.15) is 5.26 Å². The van der Waals surface area contributed by atoms with Crippen molar-refractivity contribution in [3.8, 4) is 6.07 Å². The van der Waals surface area contributed by atoms with E-state index in [4.69, 9.17) is 10.00 Å². The van der Waals surface area contributed by atoms with Gasteiger partial charge >= 0.3 is 12.1 Å². The molecule has 2 fully saturated rings. The standard InChI is InChI=1S/C13H19N3O4/c1-15-7-9-5-13(3-4-14,11(17)20-2)6-10(8-15)16(9)12(18)19/h9-10H,3,5-8H2,1-2H3,(H,18,19). The van der Waals surface area contributed by atoms with Crippen molar-refractivity contribution < 1.29 is 19.4 Å². The second-order valence-corrected chi connectivity index (χ2v) is 5.73. The lowest BCUT2D eigenvalue weighted by molar-refractivity contribution is -0.161. The molecule has 2 aliphatic rings. The molecule has 0 saturated carbocycles. The monoisotopic (exact) mass is 281 g/mol. The van der Waals surface area contributed by atoms with Crippen LogP contribution in [0.25, 0.3) is 0 Å². The summed E-state index contributed by atoms with van der Waals surface area (Å²) in [6.07, 6.45) is -0.187. The van der Waals surface area contributed by atoms with Crippen LogP contribution in [0.4, 0.5) is 4.79 Å². The van der Waals surface area contributed by atoms with Gasteiger partial charge in [0.25, 0.3) is 0 Å². The number of carbonyl (C=O) groups is 2. The molecule has 2 unspecified atom stereocenters. The fourth-order valence-electron chi connectivity index (χ4n) is 3.64. The number of hydrogen-bond donors (Lipinski definition) is 1. The zero-order valence-corrected chi connectivity index (χ0v) is 11.7. The summed E-state index contributed by atoms with van der Waals surface area (Å²) in [5.74, 6) is -0.399. The normalized spacial score (nSPS) is 33.4. The molecule has 2 saturated heterocycles. The molecule has 1 N–H and O–H groups in total. The SMILES string of the molecule is COC(=O)C1(CC#N)CC2CN(C)CC(C1)N2C(=O)O. The van der Waals surface area contributed by atoms with Gasteiger partial charge in [-0.25, -0.2) is 4.79 Å². The average molecular weight is 281 g/mol. The van der Waals surface area contributed by atoms with Crippen molar-refractivity contribution in [3.63, 3.8) is 0 Å². The number of carbonyl (C=O) groups excluding carboxylic acids is 1. The van der Waals surface area contributed by atoms with Crippen LogP contribution in [0.3, 0.4) is 0 Å². The molecule has 0 radical (unpaired) electrons. The number of carboxylic acid groups (broad SMARTS) is 1. The maximum Gasteiger partial charge on any atom is 0.407 e. The molecule has 2 bridgehead atoms. The summed E-state index contributed by atoms with van der Waals surface area (Å²) in [5, 5.41) is 18.4. The largest absolute Gasteiger partial charge is 0.469 e. The molecule has 2 aliphatic heterocycles. The van der Waals surface area contributed by atoms with Gasteiger partial charge in [-0.05, 0) is 19.9 Å². The van der Waals surface area contributed by atoms with Crippen LogP contribution >= 0.6 is 0 Å². The molecular formula is C13H19N3O4. The predicted octanol–water partition coefficient (Wildman–Crippen LogP) is 0.516. The Morgan fingerprint density at radius 1 is 1.40 bits per heavy atom. The van der Waals surface area contributed by atoms with Gasteiger partial charge in [0, 0.05) is 25.2 Å². The van der Waals surface area contributed by atoms with Crippen LogP contribution in [0.1, 0.15) is 19.3 Å². The Labute approximate surface area is 117 Å². The molecule has 2 rings (SSSR count). The van der Waals surface area contributed by atoms with Gasteiger partial charge in [0.15, 0.2) is 0 Å². The highest BCUT2D eigenvalue weighted by Gasteiger charge is 2.53. The predicted molar refractivity (Wildman–Crippen MR) is 68.8 cm³/mol. The molecule has 1 amide bonds. The number of amides is 1. The van der Waals surface area contributed by atoms with E-state index in [1.807, 2.05) is 7.05 Å². The number of likely N-dealkylation sites (tertiary alicyclic amines) is 1. The molecule has 0 aromatic rings. The van der Waals surface area contributed by atoms with E-state index < -0.39 is 17.5 Å². The maximum absolute atomic E-state index is 12.1. The first-order chi connectivity index (χ1) is 9.43. The molecule has 0 aromatic carbocycles. The average Bonchev–Trinajstić information content (AvgIpc) is 2.35. The number of rotatable bonds is 2. The molecule has 110 valence electrons. The van der Waals surface area contributed by atoms with Crippen LogP contribution in [-0.4, -0.2) is 66.3 Å². The maximum atomic E-state index is 12.1. The molecule has 7 nitrogen and oxygen atoms in total.